The molecule has 0 radical (unpaired) electrons. The summed E-state index contributed by atoms with van der Waals surface area (Å²) >= 11 is 0. The highest BCUT2D eigenvalue weighted by molar-refractivity contribution is 6.14. The van der Waals surface area contributed by atoms with Gasteiger partial charge in [-0.3, -0.25) is 0 Å². The maximum absolute atomic E-state index is 6.73. The molecule has 0 aliphatic carbocycles. The molecule has 0 amide bonds. The average molecular weight is 495 g/mol. The Hall–Kier alpha value is -5.14. The van der Waals surface area contributed by atoms with Crippen LogP contribution < -0.4 is 4.74 Å². The third kappa shape index (κ3) is 3.02. The lowest BCUT2D eigenvalue weighted by Crippen LogP contribution is -1.98. The molecule has 9 rings (SSSR count). The molecule has 0 saturated heterocycles. The van der Waals surface area contributed by atoms with Crippen molar-refractivity contribution < 1.29 is 4.74 Å². The normalized spacial score (nSPS) is 12.3. The second-order valence-electron chi connectivity index (χ2n) is 10.6. The van der Waals surface area contributed by atoms with Gasteiger partial charge in [-0.2, -0.15) is 0 Å². The van der Waals surface area contributed by atoms with Gasteiger partial charge in [0.2, 0.25) is 0 Å². The predicted molar refractivity (Wildman–Crippen MR) is 165 cm³/mol. The molecule has 1 aliphatic heterocycles. The zero-order valence-corrected chi connectivity index (χ0v) is 21.1. The van der Waals surface area contributed by atoms with Crippen LogP contribution in [0.1, 0.15) is 0 Å². The molecular formula is C38H22O. The van der Waals surface area contributed by atoms with Gasteiger partial charge < -0.3 is 4.74 Å². The number of benzene rings is 8. The highest BCUT2D eigenvalue weighted by Crippen LogP contribution is 2.50. The van der Waals surface area contributed by atoms with Gasteiger partial charge in [0.1, 0.15) is 11.5 Å². The Kier molecular flexibility index (Phi) is 4.11. The summed E-state index contributed by atoms with van der Waals surface area (Å²) in [5.41, 5.74) is 4.75. The molecule has 1 heteroatoms. The van der Waals surface area contributed by atoms with Crippen molar-refractivity contribution in [2.24, 2.45) is 0 Å². The molecule has 39 heavy (non-hydrogen) atoms. The first-order chi connectivity index (χ1) is 19.3. The van der Waals surface area contributed by atoms with Crippen molar-refractivity contribution in [3.8, 4) is 33.8 Å². The van der Waals surface area contributed by atoms with Crippen LogP contribution >= 0.6 is 0 Å². The Morgan fingerprint density at radius 2 is 1.05 bits per heavy atom. The summed E-state index contributed by atoms with van der Waals surface area (Å²) in [6.07, 6.45) is 0. The van der Waals surface area contributed by atoms with E-state index in [4.69, 9.17) is 4.74 Å². The minimum atomic E-state index is 0.922. The molecule has 0 aromatic heterocycles. The smallest absolute Gasteiger partial charge is 0.143 e. The number of hydrogen-bond donors (Lipinski definition) is 0. The molecule has 0 unspecified atom stereocenters. The fourth-order valence-corrected chi connectivity index (χ4v) is 6.46. The zero-order valence-electron chi connectivity index (χ0n) is 21.1. The van der Waals surface area contributed by atoms with Crippen LogP contribution in [0.3, 0.4) is 0 Å². The number of rotatable bonds is 1. The van der Waals surface area contributed by atoms with Crippen LogP contribution in [0, 0.1) is 0 Å². The summed E-state index contributed by atoms with van der Waals surface area (Å²) in [7, 11) is 0. The fraction of sp³-hybridized carbons (Fsp3) is 0. The largest absolute Gasteiger partial charge is 0.455 e. The number of fused-ring (bicyclic) bond motifs is 8. The van der Waals surface area contributed by atoms with E-state index in [2.05, 4.69) is 133 Å². The second kappa shape index (κ2) is 7.69. The Morgan fingerprint density at radius 3 is 1.97 bits per heavy atom. The van der Waals surface area contributed by atoms with E-state index in [1.165, 1.54) is 59.6 Å². The van der Waals surface area contributed by atoms with Crippen LogP contribution in [-0.2, 0) is 0 Å². The first-order valence-corrected chi connectivity index (χ1v) is 13.4. The molecule has 0 spiro atoms. The van der Waals surface area contributed by atoms with Gasteiger partial charge in [-0.05, 0) is 96.2 Å². The fourth-order valence-electron chi connectivity index (χ4n) is 6.46. The Labute approximate surface area is 225 Å². The van der Waals surface area contributed by atoms with Crippen LogP contribution in [0.4, 0.5) is 0 Å². The van der Waals surface area contributed by atoms with Crippen LogP contribution in [0.15, 0.2) is 133 Å². The van der Waals surface area contributed by atoms with E-state index in [1.807, 2.05) is 0 Å². The van der Waals surface area contributed by atoms with E-state index in [0.717, 1.165) is 28.0 Å². The lowest BCUT2D eigenvalue weighted by Gasteiger charge is -2.23. The molecule has 180 valence electrons. The van der Waals surface area contributed by atoms with Crippen LogP contribution in [-0.4, -0.2) is 0 Å². The molecule has 8 aromatic carbocycles. The van der Waals surface area contributed by atoms with Gasteiger partial charge in [0, 0.05) is 16.3 Å². The minimum absolute atomic E-state index is 0.922. The van der Waals surface area contributed by atoms with E-state index >= 15 is 0 Å². The van der Waals surface area contributed by atoms with E-state index in [0.29, 0.717) is 0 Å². The molecule has 0 saturated carbocycles. The van der Waals surface area contributed by atoms with Crippen molar-refractivity contribution >= 4 is 53.9 Å². The molecule has 1 aliphatic rings. The maximum atomic E-state index is 6.73. The summed E-state index contributed by atoms with van der Waals surface area (Å²) in [6.45, 7) is 0. The van der Waals surface area contributed by atoms with Crippen LogP contribution in [0.2, 0.25) is 0 Å². The first kappa shape index (κ1) is 20.9. The van der Waals surface area contributed by atoms with Gasteiger partial charge in [0.15, 0.2) is 0 Å². The van der Waals surface area contributed by atoms with Gasteiger partial charge in [-0.1, -0.05) is 97.1 Å². The van der Waals surface area contributed by atoms with Crippen LogP contribution in [0.25, 0.3) is 76.1 Å². The molecule has 1 nitrogen and oxygen atoms in total. The minimum Gasteiger partial charge on any atom is -0.455 e. The van der Waals surface area contributed by atoms with Crippen molar-refractivity contribution in [3.05, 3.63) is 133 Å². The van der Waals surface area contributed by atoms with Crippen molar-refractivity contribution in [3.63, 3.8) is 0 Å². The number of hydrogen-bond acceptors (Lipinski definition) is 1. The lowest BCUT2D eigenvalue weighted by molar-refractivity contribution is 0.493. The first-order valence-electron chi connectivity index (χ1n) is 13.4. The summed E-state index contributed by atoms with van der Waals surface area (Å²) < 4.78 is 6.73. The zero-order chi connectivity index (χ0) is 25.5. The molecule has 0 atom stereocenters. The average Bonchev–Trinajstić information content (AvgIpc) is 2.99. The van der Waals surface area contributed by atoms with E-state index in [1.54, 1.807) is 0 Å². The van der Waals surface area contributed by atoms with Gasteiger partial charge in [-0.25, -0.2) is 0 Å². The standard InChI is InChI=1S/C38H22O/c1-2-8-26-20-35-28(18-25(26)7-1)15-13-24-12-14-27(21-34(24)35)30-19-29-9-5-11-32-33-17-16-23-6-3-4-10-31(23)38(33)39-36(22-30)37(29)32/h1-22H. The predicted octanol–water partition coefficient (Wildman–Crippen LogP) is 10.9. The summed E-state index contributed by atoms with van der Waals surface area (Å²) in [6, 6.07) is 48.5. The summed E-state index contributed by atoms with van der Waals surface area (Å²) in [4.78, 5) is 0. The van der Waals surface area contributed by atoms with Crippen molar-refractivity contribution in [2.45, 2.75) is 0 Å². The third-order valence-corrected chi connectivity index (χ3v) is 8.36. The van der Waals surface area contributed by atoms with Gasteiger partial charge in [-0.15, -0.1) is 0 Å². The monoisotopic (exact) mass is 494 g/mol. The second-order valence-corrected chi connectivity index (χ2v) is 10.6. The summed E-state index contributed by atoms with van der Waals surface area (Å²) in [5, 5.41) is 12.3. The Bertz CT molecular complexity index is 2310. The molecule has 1 heterocycles. The van der Waals surface area contributed by atoms with Crippen LogP contribution in [0.5, 0.6) is 11.5 Å². The molecule has 0 fully saturated rings. The quantitative estimate of drug-likeness (QED) is 0.163. The highest BCUT2D eigenvalue weighted by atomic mass is 16.5. The van der Waals surface area contributed by atoms with Gasteiger partial charge in [0.25, 0.3) is 0 Å². The molecule has 0 bridgehead atoms. The topological polar surface area (TPSA) is 9.23 Å². The van der Waals surface area contributed by atoms with E-state index < -0.39 is 0 Å². The SMILES string of the molecule is c1ccc2cc3c(ccc4ccc(-c5cc6c7c(cccc7c5)-c5ccc7ccccc7c5O6)cc43)cc2c1. The maximum Gasteiger partial charge on any atom is 0.143 e. The number of ether oxygens (including phenoxy) is 1. The lowest BCUT2D eigenvalue weighted by atomic mass is 9.90. The van der Waals surface area contributed by atoms with Crippen molar-refractivity contribution in [1.29, 1.82) is 0 Å². The van der Waals surface area contributed by atoms with Gasteiger partial charge in [0.05, 0.1) is 0 Å². The molecule has 8 aromatic rings. The molecular weight excluding hydrogens is 472 g/mol. The highest BCUT2D eigenvalue weighted by Gasteiger charge is 2.22. The Morgan fingerprint density at radius 1 is 0.359 bits per heavy atom. The van der Waals surface area contributed by atoms with E-state index in [-0.39, 0.29) is 0 Å². The third-order valence-electron chi connectivity index (χ3n) is 8.36. The molecule has 0 N–H and O–H groups in total. The van der Waals surface area contributed by atoms with Crippen molar-refractivity contribution in [2.75, 3.05) is 0 Å². The van der Waals surface area contributed by atoms with E-state index in [9.17, 15) is 0 Å². The Balaban J connectivity index is 1.28. The van der Waals surface area contributed by atoms with Crippen molar-refractivity contribution in [1.82, 2.24) is 0 Å². The van der Waals surface area contributed by atoms with Gasteiger partial charge >= 0.3 is 0 Å². The summed E-state index contributed by atoms with van der Waals surface area (Å²) in [5.74, 6) is 1.87.